The van der Waals surface area contributed by atoms with E-state index in [1.54, 1.807) is 0 Å². The van der Waals surface area contributed by atoms with Crippen molar-refractivity contribution in [2.75, 3.05) is 44.4 Å². The molecule has 0 radical (unpaired) electrons. The van der Waals surface area contributed by atoms with Crippen molar-refractivity contribution in [3.05, 3.63) is 21.8 Å². The molecule has 0 saturated carbocycles. The van der Waals surface area contributed by atoms with Crippen LogP contribution in [0.2, 0.25) is 0 Å². The Morgan fingerprint density at radius 2 is 1.28 bits per heavy atom. The zero-order valence-corrected chi connectivity index (χ0v) is 25.2. The molecule has 0 aliphatic rings. The molecule has 2 unspecified atom stereocenters. The second kappa shape index (κ2) is 17.4. The second-order valence-corrected chi connectivity index (χ2v) is 10.1. The maximum Gasteiger partial charge on any atom is 0.503 e. The van der Waals surface area contributed by atoms with E-state index >= 15 is 0 Å². The summed E-state index contributed by atoms with van der Waals surface area (Å²) in [6.45, 7) is -0.761. The van der Waals surface area contributed by atoms with Crippen molar-refractivity contribution in [3.63, 3.8) is 0 Å². The Morgan fingerprint density at radius 3 is 1.67 bits per heavy atom. The van der Waals surface area contributed by atoms with Crippen LogP contribution in [0.1, 0.15) is 27.6 Å². The third-order valence-corrected chi connectivity index (χ3v) is 7.29. The van der Waals surface area contributed by atoms with E-state index in [9.17, 15) is 29.7 Å². The Labute approximate surface area is 246 Å². The monoisotopic (exact) mass is 853 g/mol. The molecular weight excluding hydrogens is 827 g/mol. The topological polar surface area (TPSA) is 237 Å². The van der Waals surface area contributed by atoms with Gasteiger partial charge in [-0.2, -0.15) is 0 Å². The van der Waals surface area contributed by atoms with E-state index in [4.69, 9.17) is 25.2 Å². The molecule has 3 amide bonds. The molecule has 36 heavy (non-hydrogen) atoms. The summed E-state index contributed by atoms with van der Waals surface area (Å²) in [5.74, 6) is -1.72. The molecule has 0 heterocycles. The van der Waals surface area contributed by atoms with Crippen LogP contribution in [0.3, 0.4) is 0 Å². The molecule has 1 aromatic rings. The predicted octanol–water partition coefficient (Wildman–Crippen LogP) is -0.766. The van der Waals surface area contributed by atoms with Gasteiger partial charge in [0.1, 0.15) is 0 Å². The van der Waals surface area contributed by atoms with E-state index < -0.39 is 49.3 Å². The molecule has 0 aliphatic heterocycles. The van der Waals surface area contributed by atoms with Crippen LogP contribution in [-0.4, -0.2) is 111 Å². The van der Waals surface area contributed by atoms with Gasteiger partial charge < -0.3 is 51.3 Å². The SMILES string of the molecule is CC(=O)N(CC(O)CO)c1c(I)c(C(=O)NCCO)c(I)c(C(=O)NCC(O)CO)c1I.O=C(O)O. The first-order valence-corrected chi connectivity index (χ1v) is 13.1. The summed E-state index contributed by atoms with van der Waals surface area (Å²) in [5.41, 5.74) is 0.354. The van der Waals surface area contributed by atoms with Crippen LogP contribution in [0.15, 0.2) is 0 Å². The van der Waals surface area contributed by atoms with Crippen molar-refractivity contribution in [1.82, 2.24) is 10.6 Å². The summed E-state index contributed by atoms with van der Waals surface area (Å²) in [5, 5.41) is 65.7. The molecule has 9 N–H and O–H groups in total. The number of nitrogens with zero attached hydrogens (tertiary/aromatic N) is 1. The number of hydrogen-bond acceptors (Lipinski definition) is 9. The van der Waals surface area contributed by atoms with Crippen molar-refractivity contribution in [3.8, 4) is 0 Å². The molecule has 2 atom stereocenters. The van der Waals surface area contributed by atoms with Gasteiger partial charge in [0.25, 0.3) is 11.8 Å². The minimum Gasteiger partial charge on any atom is -0.450 e. The molecule has 17 heteroatoms. The maximum atomic E-state index is 12.9. The molecule has 0 saturated heterocycles. The van der Waals surface area contributed by atoms with Crippen molar-refractivity contribution in [1.29, 1.82) is 0 Å². The first kappa shape index (κ1) is 34.9. The van der Waals surface area contributed by atoms with Crippen LogP contribution in [0, 0.1) is 10.7 Å². The summed E-state index contributed by atoms with van der Waals surface area (Å²) in [6.07, 6.45) is -4.27. The van der Waals surface area contributed by atoms with Gasteiger partial charge in [-0.3, -0.25) is 14.4 Å². The number of benzene rings is 1. The normalized spacial score (nSPS) is 12.0. The Balaban J connectivity index is 0.00000283. The van der Waals surface area contributed by atoms with Crippen LogP contribution in [0.25, 0.3) is 0 Å². The fourth-order valence-electron chi connectivity index (χ4n) is 2.55. The standard InChI is InChI=1S/C18H24I3N3O8.CH2O3/c1-8(28)24(5-10(30)7-27)16-14(20)11(17(31)22-2-3-25)13(19)12(15(16)21)18(32)23-4-9(29)6-26;2-1(3)4/h9-10,25-27,29-30H,2-7H2,1H3,(H,22,31)(H,23,32);(H2,2,3,4). The number of hydrogen-bond donors (Lipinski definition) is 9. The highest BCUT2D eigenvalue weighted by Crippen LogP contribution is 2.38. The van der Waals surface area contributed by atoms with Crippen molar-refractivity contribution >= 4 is 97.3 Å². The van der Waals surface area contributed by atoms with E-state index in [0.717, 1.165) is 0 Å². The largest absolute Gasteiger partial charge is 0.503 e. The molecular formula is C19H26I3N3O11. The summed E-state index contributed by atoms with van der Waals surface area (Å²) in [6, 6.07) is 0. The van der Waals surface area contributed by atoms with E-state index in [-0.39, 0.29) is 46.6 Å². The van der Waals surface area contributed by atoms with Crippen LogP contribution >= 0.6 is 67.8 Å². The van der Waals surface area contributed by atoms with Gasteiger partial charge in [-0.1, -0.05) is 0 Å². The van der Waals surface area contributed by atoms with Gasteiger partial charge in [-0.25, -0.2) is 4.79 Å². The fourth-order valence-corrected chi connectivity index (χ4v) is 7.28. The lowest BCUT2D eigenvalue weighted by Gasteiger charge is -2.28. The lowest BCUT2D eigenvalue weighted by molar-refractivity contribution is -0.117. The zero-order valence-electron chi connectivity index (χ0n) is 18.7. The number of amides is 3. The number of carbonyl (C=O) groups excluding carboxylic acids is 3. The maximum absolute atomic E-state index is 12.9. The minimum atomic E-state index is -1.83. The number of carbonyl (C=O) groups is 4. The Kier molecular flexibility index (Phi) is 16.9. The highest BCUT2D eigenvalue weighted by atomic mass is 127. The predicted molar refractivity (Wildman–Crippen MR) is 151 cm³/mol. The molecule has 14 nitrogen and oxygen atoms in total. The number of rotatable bonds is 11. The number of anilines is 1. The minimum absolute atomic E-state index is 0.0316. The van der Waals surface area contributed by atoms with Crippen LogP contribution in [0.4, 0.5) is 10.5 Å². The average Bonchev–Trinajstić information content (AvgIpc) is 2.79. The number of halogens is 3. The van der Waals surface area contributed by atoms with Gasteiger partial charge in [-0.15, -0.1) is 0 Å². The van der Waals surface area contributed by atoms with Gasteiger partial charge in [0.15, 0.2) is 0 Å². The molecule has 0 aromatic heterocycles. The molecule has 0 aliphatic carbocycles. The quantitative estimate of drug-likeness (QED) is 0.126. The van der Waals surface area contributed by atoms with Crippen molar-refractivity contribution in [2.45, 2.75) is 19.1 Å². The van der Waals surface area contributed by atoms with Gasteiger partial charge in [0, 0.05) is 23.6 Å². The molecule has 1 aromatic carbocycles. The van der Waals surface area contributed by atoms with Crippen molar-refractivity contribution in [2.24, 2.45) is 0 Å². The van der Waals surface area contributed by atoms with E-state index in [1.807, 2.05) is 67.8 Å². The first-order chi connectivity index (χ1) is 16.7. The van der Waals surface area contributed by atoms with Crippen LogP contribution in [0.5, 0.6) is 0 Å². The summed E-state index contributed by atoms with van der Waals surface area (Å²) in [4.78, 5) is 47.9. The van der Waals surface area contributed by atoms with Crippen molar-refractivity contribution < 1.29 is 54.9 Å². The van der Waals surface area contributed by atoms with Gasteiger partial charge in [0.05, 0.1) is 62.5 Å². The fraction of sp³-hybridized carbons (Fsp3) is 0.474. The lowest BCUT2D eigenvalue weighted by Crippen LogP contribution is -2.40. The van der Waals surface area contributed by atoms with Crippen LogP contribution < -0.4 is 15.5 Å². The van der Waals surface area contributed by atoms with Gasteiger partial charge in [0.2, 0.25) is 5.91 Å². The second-order valence-electron chi connectivity index (χ2n) is 6.82. The Morgan fingerprint density at radius 1 is 0.833 bits per heavy atom. The number of aliphatic hydroxyl groups is 5. The summed E-state index contributed by atoms with van der Waals surface area (Å²) in [7, 11) is 0. The van der Waals surface area contributed by atoms with Gasteiger partial charge in [-0.05, 0) is 67.8 Å². The number of nitrogens with one attached hydrogen (secondary N) is 2. The third-order valence-electron chi connectivity index (χ3n) is 4.11. The van der Waals surface area contributed by atoms with E-state index in [0.29, 0.717) is 7.14 Å². The van der Waals surface area contributed by atoms with E-state index in [2.05, 4.69) is 10.6 Å². The summed E-state index contributed by atoms with van der Waals surface area (Å²) < 4.78 is 0.920. The Bertz CT molecular complexity index is 945. The highest BCUT2D eigenvalue weighted by Gasteiger charge is 2.32. The zero-order chi connectivity index (χ0) is 28.2. The molecule has 0 spiro atoms. The number of aliphatic hydroxyl groups excluding tert-OH is 5. The first-order valence-electron chi connectivity index (χ1n) is 9.90. The highest BCUT2D eigenvalue weighted by molar-refractivity contribution is 14.1. The smallest absolute Gasteiger partial charge is 0.450 e. The molecule has 0 fully saturated rings. The lowest BCUT2D eigenvalue weighted by atomic mass is 10.1. The van der Waals surface area contributed by atoms with Crippen LogP contribution in [-0.2, 0) is 4.79 Å². The molecule has 0 bridgehead atoms. The third kappa shape index (κ3) is 10.7. The van der Waals surface area contributed by atoms with Gasteiger partial charge >= 0.3 is 6.16 Å². The molecule has 1 rings (SSSR count). The van der Waals surface area contributed by atoms with E-state index in [1.165, 1.54) is 11.8 Å². The molecule has 204 valence electrons. The Hall–Kier alpha value is -1.11. The average molecular weight is 853 g/mol. The number of carboxylic acid groups (broad SMARTS) is 2. The summed E-state index contributed by atoms with van der Waals surface area (Å²) >= 11 is 5.56.